The highest BCUT2D eigenvalue weighted by molar-refractivity contribution is 6.03. The maximum absolute atomic E-state index is 15.1. The second-order valence-corrected chi connectivity index (χ2v) is 19.0. The number of aromatic nitrogens is 5. The van der Waals surface area contributed by atoms with Crippen LogP contribution in [0, 0.1) is 18.7 Å². The largest absolute Gasteiger partial charge is 0.338 e. The zero-order chi connectivity index (χ0) is 50.1. The molecular weight excluding hydrogens is 916 g/mol. The van der Waals surface area contributed by atoms with Crippen LogP contribution >= 0.6 is 0 Å². The molecule has 18 heteroatoms. The molecule has 0 saturated carbocycles. The molecule has 3 aromatic heterocycles. The quantitative estimate of drug-likeness (QED) is 0.130. The van der Waals surface area contributed by atoms with Gasteiger partial charge in [-0.05, 0) is 86.1 Å². The zero-order valence-corrected chi connectivity index (χ0v) is 40.9. The van der Waals surface area contributed by atoms with Crippen molar-refractivity contribution >= 4 is 40.1 Å². The molecule has 0 atom stereocenters. The van der Waals surface area contributed by atoms with E-state index in [1.54, 1.807) is 52.7 Å². The summed E-state index contributed by atoms with van der Waals surface area (Å²) in [4.78, 5) is 89.7. The van der Waals surface area contributed by atoms with Gasteiger partial charge in [0.1, 0.15) is 11.6 Å². The molecule has 0 radical (unpaired) electrons. The molecule has 3 fully saturated rings. The number of benzene rings is 3. The van der Waals surface area contributed by atoms with Gasteiger partial charge < -0.3 is 25.3 Å². The van der Waals surface area contributed by atoms with E-state index in [9.17, 15) is 24.0 Å². The number of anilines is 1. The predicted octanol–water partition coefficient (Wildman–Crippen LogP) is 4.56. The number of pyridine rings is 1. The molecule has 17 nitrogen and oxygen atoms in total. The number of rotatable bonds is 15. The summed E-state index contributed by atoms with van der Waals surface area (Å²) in [6, 6.07) is 21.6. The van der Waals surface area contributed by atoms with Crippen molar-refractivity contribution in [2.75, 3.05) is 90.4 Å². The molecule has 3 aromatic carbocycles. The second-order valence-electron chi connectivity index (χ2n) is 19.0. The average Bonchev–Trinajstić information content (AvgIpc) is 3.41. The Morgan fingerprint density at radius 3 is 2.17 bits per heavy atom. The first-order valence-corrected chi connectivity index (χ1v) is 24.9. The number of piperidine rings is 1. The summed E-state index contributed by atoms with van der Waals surface area (Å²) in [5, 5.41) is 14.1. The molecule has 0 spiro atoms. The molecule has 374 valence electrons. The number of fused-ring (bicyclic) bond motifs is 1. The Morgan fingerprint density at radius 1 is 0.708 bits per heavy atom. The Labute approximate surface area is 417 Å². The van der Waals surface area contributed by atoms with E-state index in [4.69, 9.17) is 0 Å². The molecule has 6 aromatic rings. The predicted molar refractivity (Wildman–Crippen MR) is 272 cm³/mol. The molecule has 0 aliphatic carbocycles. The van der Waals surface area contributed by atoms with Crippen LogP contribution in [0.5, 0.6) is 0 Å². The van der Waals surface area contributed by atoms with E-state index < -0.39 is 11.7 Å². The van der Waals surface area contributed by atoms with Crippen molar-refractivity contribution in [3.8, 4) is 11.1 Å². The lowest BCUT2D eigenvalue weighted by molar-refractivity contribution is -0.134. The van der Waals surface area contributed by atoms with Gasteiger partial charge in [-0.3, -0.25) is 33.8 Å². The van der Waals surface area contributed by atoms with Gasteiger partial charge in [-0.1, -0.05) is 55.5 Å². The van der Waals surface area contributed by atoms with Crippen molar-refractivity contribution in [3.05, 3.63) is 147 Å². The van der Waals surface area contributed by atoms with Crippen molar-refractivity contribution in [3.63, 3.8) is 0 Å². The molecule has 4 amide bonds. The van der Waals surface area contributed by atoms with E-state index >= 15 is 4.39 Å². The van der Waals surface area contributed by atoms with Crippen LogP contribution in [-0.2, 0) is 29.0 Å². The van der Waals surface area contributed by atoms with Gasteiger partial charge in [0.15, 0.2) is 5.69 Å². The van der Waals surface area contributed by atoms with Gasteiger partial charge in [0.05, 0.1) is 35.4 Å². The van der Waals surface area contributed by atoms with Gasteiger partial charge in [0.25, 0.3) is 17.4 Å². The number of aromatic amines is 1. The topological polar surface area (TPSA) is 193 Å². The molecule has 72 heavy (non-hydrogen) atoms. The zero-order valence-electron chi connectivity index (χ0n) is 40.9. The van der Waals surface area contributed by atoms with Crippen molar-refractivity contribution in [1.82, 2.24) is 55.0 Å². The summed E-state index contributed by atoms with van der Waals surface area (Å²) in [5.74, 6) is -0.380. The standard InChI is InChI=1S/C54H61FN12O5/c1-3-37-7-6-8-41(25-37)42-28-48(60-49(68)33-56-29-40-30-57-36(2)58-31-40)51(59-32-42)54(72)67-19-17-64(18-20-67)34-38-13-15-63(16-14-38)35-50(69)65-21-23-66(24-22-65)53(71)45-26-39(11-12-46(45)55)27-47-43-9-4-5-10-44(43)52(70)62-61-47/h4-12,25-26,28,30-32,38,56H,3,13-24,27,29,33-35H2,1-2H3,(H,60,68)(H,62,70). The van der Waals surface area contributed by atoms with E-state index in [2.05, 4.69) is 64.6 Å². The molecule has 0 bridgehead atoms. The number of halogens is 1. The number of piperazine rings is 2. The monoisotopic (exact) mass is 976 g/mol. The number of nitrogens with one attached hydrogen (secondary N) is 3. The fraction of sp³-hybridized carbons (Fsp3) is 0.389. The normalized spacial score (nSPS) is 16.0. The number of amides is 4. The third kappa shape index (κ3) is 12.1. The molecule has 3 aliphatic heterocycles. The minimum absolute atomic E-state index is 0.0215. The van der Waals surface area contributed by atoms with Gasteiger partial charge >= 0.3 is 0 Å². The minimum atomic E-state index is -0.611. The summed E-state index contributed by atoms with van der Waals surface area (Å²) < 4.78 is 15.1. The highest BCUT2D eigenvalue weighted by Crippen LogP contribution is 2.28. The van der Waals surface area contributed by atoms with Crippen molar-refractivity contribution in [1.29, 1.82) is 0 Å². The van der Waals surface area contributed by atoms with Crippen molar-refractivity contribution in [2.24, 2.45) is 5.92 Å². The Bertz CT molecular complexity index is 2980. The second kappa shape index (κ2) is 22.9. The smallest absolute Gasteiger partial charge is 0.274 e. The maximum Gasteiger partial charge on any atom is 0.274 e. The van der Waals surface area contributed by atoms with Gasteiger partial charge in [-0.25, -0.2) is 24.4 Å². The minimum Gasteiger partial charge on any atom is -0.338 e. The molecule has 3 N–H and O–H groups in total. The number of nitrogens with zero attached hydrogens (tertiary/aromatic N) is 9. The van der Waals surface area contributed by atoms with E-state index in [0.29, 0.717) is 98.2 Å². The van der Waals surface area contributed by atoms with Crippen LogP contribution in [0.1, 0.15) is 68.8 Å². The SMILES string of the molecule is CCc1cccc(-c2cnc(C(=O)N3CCN(CC4CCN(CC(=O)N5CCN(C(=O)c6cc(Cc7n[nH]c(=O)c8ccccc78)ccc6F)CC5)CC4)CC3)c(NC(=O)CNCc3cnc(C)nc3)c2)c1. The summed E-state index contributed by atoms with van der Waals surface area (Å²) >= 11 is 0. The van der Waals surface area contributed by atoms with Crippen LogP contribution in [0.15, 0.2) is 96.2 Å². The lowest BCUT2D eigenvalue weighted by Crippen LogP contribution is -2.53. The van der Waals surface area contributed by atoms with E-state index in [1.807, 2.05) is 42.2 Å². The lowest BCUT2D eigenvalue weighted by atomic mass is 9.96. The Kier molecular flexibility index (Phi) is 15.8. The van der Waals surface area contributed by atoms with Crippen LogP contribution in [0.3, 0.4) is 0 Å². The molecular formula is C54H61FN12O5. The number of hydrogen-bond donors (Lipinski definition) is 3. The fourth-order valence-corrected chi connectivity index (χ4v) is 9.83. The fourth-order valence-electron chi connectivity index (χ4n) is 9.83. The highest BCUT2D eigenvalue weighted by atomic mass is 19.1. The van der Waals surface area contributed by atoms with Crippen LogP contribution in [0.25, 0.3) is 21.9 Å². The summed E-state index contributed by atoms with van der Waals surface area (Å²) in [5.41, 5.74) is 5.37. The summed E-state index contributed by atoms with van der Waals surface area (Å²) in [7, 11) is 0. The number of carbonyl (C=O) groups is 4. The lowest BCUT2D eigenvalue weighted by Gasteiger charge is -2.39. The number of carbonyl (C=O) groups excluding carboxylic acids is 4. The number of likely N-dealkylation sites (tertiary alicyclic amines) is 1. The van der Waals surface area contributed by atoms with Gasteiger partial charge in [-0.15, -0.1) is 0 Å². The summed E-state index contributed by atoms with van der Waals surface area (Å²) in [6.07, 6.45) is 8.26. The van der Waals surface area contributed by atoms with Crippen molar-refractivity contribution in [2.45, 2.75) is 46.1 Å². The molecule has 3 aliphatic rings. The molecule has 9 rings (SSSR count). The first kappa shape index (κ1) is 49.7. The van der Waals surface area contributed by atoms with Gasteiger partial charge in [0, 0.05) is 107 Å². The number of aryl methyl sites for hydroxylation is 2. The van der Waals surface area contributed by atoms with E-state index in [-0.39, 0.29) is 41.1 Å². The number of H-pyrrole nitrogens is 1. The van der Waals surface area contributed by atoms with E-state index in [0.717, 1.165) is 68.7 Å². The van der Waals surface area contributed by atoms with Crippen LogP contribution in [0.4, 0.5) is 10.1 Å². The first-order chi connectivity index (χ1) is 35.0. The van der Waals surface area contributed by atoms with Gasteiger partial charge in [0.2, 0.25) is 11.8 Å². The van der Waals surface area contributed by atoms with Crippen LogP contribution in [0.2, 0.25) is 0 Å². The Balaban J connectivity index is 0.721. The molecule has 6 heterocycles. The third-order valence-electron chi connectivity index (χ3n) is 14.1. The highest BCUT2D eigenvalue weighted by Gasteiger charge is 2.31. The average molecular weight is 977 g/mol. The Hall–Kier alpha value is -7.28. The molecule has 3 saturated heterocycles. The van der Waals surface area contributed by atoms with Crippen LogP contribution < -0.4 is 16.2 Å². The van der Waals surface area contributed by atoms with Crippen LogP contribution in [-0.4, -0.2) is 158 Å². The molecule has 0 unspecified atom stereocenters. The van der Waals surface area contributed by atoms with E-state index in [1.165, 1.54) is 11.6 Å². The maximum atomic E-state index is 15.1. The van der Waals surface area contributed by atoms with Crippen molar-refractivity contribution < 1.29 is 23.6 Å². The number of hydrogen-bond acceptors (Lipinski definition) is 12. The Morgan fingerprint density at radius 2 is 1.42 bits per heavy atom. The van der Waals surface area contributed by atoms with Gasteiger partial charge in [-0.2, -0.15) is 5.10 Å². The first-order valence-electron chi connectivity index (χ1n) is 24.9. The third-order valence-corrected chi connectivity index (χ3v) is 14.1. The summed E-state index contributed by atoms with van der Waals surface area (Å²) in [6.45, 7) is 11.1.